The first-order valence-corrected chi connectivity index (χ1v) is 9.16. The molecule has 0 aliphatic carbocycles. The number of anilines is 2. The molecule has 4 rings (SSSR count). The molecule has 0 unspecified atom stereocenters. The van der Waals surface area contributed by atoms with Crippen molar-refractivity contribution in [1.82, 2.24) is 19.3 Å². The van der Waals surface area contributed by atoms with Gasteiger partial charge in [-0.2, -0.15) is 5.10 Å². The quantitative estimate of drug-likeness (QED) is 0.288. The molecule has 0 radical (unpaired) electrons. The summed E-state index contributed by atoms with van der Waals surface area (Å²) in [6.45, 7) is 0.585. The van der Waals surface area contributed by atoms with E-state index in [4.69, 9.17) is 0 Å². The first kappa shape index (κ1) is 19.1. The van der Waals surface area contributed by atoms with Crippen molar-refractivity contribution in [2.24, 2.45) is 7.05 Å². The molecule has 0 atom stereocenters. The molecule has 9 heteroatoms. The van der Waals surface area contributed by atoms with Crippen molar-refractivity contribution in [3.63, 3.8) is 0 Å². The Balaban J connectivity index is 1.56. The molecule has 0 saturated carbocycles. The van der Waals surface area contributed by atoms with Gasteiger partial charge in [0.15, 0.2) is 11.6 Å². The minimum atomic E-state index is -0.529. The van der Waals surface area contributed by atoms with E-state index in [0.29, 0.717) is 12.4 Å². The first-order valence-electron chi connectivity index (χ1n) is 9.16. The van der Waals surface area contributed by atoms with E-state index in [0.717, 1.165) is 5.56 Å². The van der Waals surface area contributed by atoms with Crippen molar-refractivity contribution < 1.29 is 9.72 Å². The number of hydrogen-bond donors (Lipinski definition) is 1. The molecular formula is C21H18N6O3. The number of nitrogens with one attached hydrogen (secondary N) is 1. The van der Waals surface area contributed by atoms with Crippen LogP contribution in [0, 0.1) is 10.1 Å². The lowest BCUT2D eigenvalue weighted by molar-refractivity contribution is -0.383. The van der Waals surface area contributed by atoms with Crippen LogP contribution in [0.15, 0.2) is 73.2 Å². The van der Waals surface area contributed by atoms with E-state index >= 15 is 0 Å². The Hall–Kier alpha value is -4.27. The van der Waals surface area contributed by atoms with Crippen LogP contribution in [0.2, 0.25) is 0 Å². The molecule has 0 spiro atoms. The fourth-order valence-corrected chi connectivity index (χ4v) is 3.07. The summed E-state index contributed by atoms with van der Waals surface area (Å²) in [5, 5.41) is 19.0. The van der Waals surface area contributed by atoms with E-state index in [2.05, 4.69) is 15.4 Å². The molecule has 30 heavy (non-hydrogen) atoms. The van der Waals surface area contributed by atoms with Gasteiger partial charge >= 0.3 is 0 Å². The number of rotatable bonds is 7. The topological polar surface area (TPSA) is 108 Å². The highest BCUT2D eigenvalue weighted by Crippen LogP contribution is 2.29. The van der Waals surface area contributed by atoms with Crippen LogP contribution in [0.3, 0.4) is 0 Å². The van der Waals surface area contributed by atoms with Crippen LogP contribution >= 0.6 is 0 Å². The first-order chi connectivity index (χ1) is 14.5. The maximum Gasteiger partial charge on any atom is 0.293 e. The molecule has 0 aliphatic heterocycles. The molecule has 0 saturated heterocycles. The second-order valence-electron chi connectivity index (χ2n) is 6.69. The zero-order chi connectivity index (χ0) is 21.1. The number of imidazole rings is 1. The lowest BCUT2D eigenvalue weighted by atomic mass is 10.1. The minimum absolute atomic E-state index is 0.191. The van der Waals surface area contributed by atoms with Gasteiger partial charge in [0.1, 0.15) is 5.69 Å². The molecule has 2 heterocycles. The van der Waals surface area contributed by atoms with Gasteiger partial charge in [-0.05, 0) is 17.7 Å². The third-order valence-electron chi connectivity index (χ3n) is 4.57. The maximum atomic E-state index is 12.6. The van der Waals surface area contributed by atoms with Gasteiger partial charge in [0, 0.05) is 43.3 Å². The van der Waals surface area contributed by atoms with Crippen LogP contribution < -0.4 is 5.32 Å². The number of carbonyl (C=O) groups is 1. The van der Waals surface area contributed by atoms with Gasteiger partial charge in [0.05, 0.1) is 11.5 Å². The molecule has 4 aromatic rings. The predicted molar refractivity (Wildman–Crippen MR) is 111 cm³/mol. The lowest BCUT2D eigenvalue weighted by Crippen LogP contribution is -2.09. The summed E-state index contributed by atoms with van der Waals surface area (Å²) in [4.78, 5) is 27.7. The van der Waals surface area contributed by atoms with Crippen LogP contribution in [-0.2, 0) is 13.6 Å². The number of aryl methyl sites for hydroxylation is 1. The highest BCUT2D eigenvalue weighted by Gasteiger charge is 2.21. The number of benzene rings is 2. The third-order valence-corrected chi connectivity index (χ3v) is 4.57. The lowest BCUT2D eigenvalue weighted by Gasteiger charge is -2.07. The van der Waals surface area contributed by atoms with E-state index in [-0.39, 0.29) is 28.5 Å². The van der Waals surface area contributed by atoms with Gasteiger partial charge in [0.2, 0.25) is 5.78 Å². The number of hydrogen-bond acceptors (Lipinski definition) is 6. The van der Waals surface area contributed by atoms with E-state index < -0.39 is 4.92 Å². The van der Waals surface area contributed by atoms with Crippen molar-refractivity contribution in [2.45, 2.75) is 6.54 Å². The van der Waals surface area contributed by atoms with Crippen molar-refractivity contribution in [3.8, 4) is 0 Å². The zero-order valence-electron chi connectivity index (χ0n) is 16.1. The zero-order valence-corrected chi connectivity index (χ0v) is 16.1. The summed E-state index contributed by atoms with van der Waals surface area (Å²) in [5.41, 5.74) is 1.32. The average molecular weight is 402 g/mol. The molecule has 0 bridgehead atoms. The number of aromatic nitrogens is 4. The summed E-state index contributed by atoms with van der Waals surface area (Å²) in [5.74, 6) is 0.297. The molecule has 2 aromatic carbocycles. The standard InChI is InChI=1S/C21H18N6O3/c1-25-12-10-22-21(25)20(28)16-7-8-17(18(13-16)27(29)30)23-19-9-11-26(24-19)14-15-5-3-2-4-6-15/h2-13H,14H2,1H3,(H,23,24). The number of nitro groups is 1. The summed E-state index contributed by atoms with van der Waals surface area (Å²) in [7, 11) is 1.69. The smallest absolute Gasteiger partial charge is 0.293 e. The molecule has 2 aromatic heterocycles. The largest absolute Gasteiger partial charge is 0.333 e. The predicted octanol–water partition coefficient (Wildman–Crippen LogP) is 3.55. The normalized spacial score (nSPS) is 10.7. The molecule has 0 fully saturated rings. The van der Waals surface area contributed by atoms with Crippen LogP contribution in [0.5, 0.6) is 0 Å². The molecule has 1 N–H and O–H groups in total. The number of ketones is 1. The fourth-order valence-electron chi connectivity index (χ4n) is 3.07. The minimum Gasteiger partial charge on any atom is -0.333 e. The average Bonchev–Trinajstić information content (AvgIpc) is 3.37. The van der Waals surface area contributed by atoms with Crippen molar-refractivity contribution >= 4 is 23.0 Å². The van der Waals surface area contributed by atoms with Gasteiger partial charge in [-0.3, -0.25) is 19.6 Å². The van der Waals surface area contributed by atoms with Crippen molar-refractivity contribution in [1.29, 1.82) is 0 Å². The number of carbonyl (C=O) groups excluding carboxylic acids is 1. The molecule has 9 nitrogen and oxygen atoms in total. The Kier molecular flexibility index (Phi) is 5.08. The second-order valence-corrected chi connectivity index (χ2v) is 6.69. The Bertz CT molecular complexity index is 1210. The van der Waals surface area contributed by atoms with E-state index in [1.807, 2.05) is 30.3 Å². The highest BCUT2D eigenvalue weighted by molar-refractivity contribution is 6.07. The second kappa shape index (κ2) is 8.00. The molecular weight excluding hydrogens is 384 g/mol. The van der Waals surface area contributed by atoms with Crippen molar-refractivity contribution in [2.75, 3.05) is 5.32 Å². The monoisotopic (exact) mass is 402 g/mol. The Morgan fingerprint density at radius 3 is 2.63 bits per heavy atom. The Labute approximate surface area is 171 Å². The van der Waals surface area contributed by atoms with E-state index in [9.17, 15) is 14.9 Å². The highest BCUT2D eigenvalue weighted by atomic mass is 16.6. The summed E-state index contributed by atoms with van der Waals surface area (Å²) in [6, 6.07) is 15.9. The molecule has 0 aliphatic rings. The fraction of sp³-hybridized carbons (Fsp3) is 0.0952. The summed E-state index contributed by atoms with van der Waals surface area (Å²) in [6.07, 6.45) is 4.94. The van der Waals surface area contributed by atoms with Crippen LogP contribution in [-0.4, -0.2) is 30.0 Å². The van der Waals surface area contributed by atoms with Gasteiger partial charge in [-0.15, -0.1) is 0 Å². The van der Waals surface area contributed by atoms with Crippen LogP contribution in [0.1, 0.15) is 21.7 Å². The number of nitrogens with zero attached hydrogens (tertiary/aromatic N) is 5. The SMILES string of the molecule is Cn1ccnc1C(=O)c1ccc(Nc2ccn(Cc3ccccc3)n2)c([N+](=O)[O-])c1. The van der Waals surface area contributed by atoms with Crippen LogP contribution in [0.4, 0.5) is 17.2 Å². The Morgan fingerprint density at radius 1 is 1.13 bits per heavy atom. The molecule has 150 valence electrons. The summed E-state index contributed by atoms with van der Waals surface area (Å²) >= 11 is 0. The van der Waals surface area contributed by atoms with Gasteiger partial charge in [0.25, 0.3) is 5.69 Å². The maximum absolute atomic E-state index is 12.6. The van der Waals surface area contributed by atoms with Gasteiger partial charge < -0.3 is 9.88 Å². The third kappa shape index (κ3) is 3.95. The Morgan fingerprint density at radius 2 is 1.93 bits per heavy atom. The van der Waals surface area contributed by atoms with E-state index in [1.165, 1.54) is 24.4 Å². The molecule has 0 amide bonds. The van der Waals surface area contributed by atoms with Gasteiger partial charge in [-0.25, -0.2) is 4.98 Å². The van der Waals surface area contributed by atoms with Gasteiger partial charge in [-0.1, -0.05) is 30.3 Å². The number of nitro benzene ring substituents is 1. The van der Waals surface area contributed by atoms with E-state index in [1.54, 1.807) is 34.8 Å². The van der Waals surface area contributed by atoms with Crippen molar-refractivity contribution in [3.05, 3.63) is 100 Å². The summed E-state index contributed by atoms with van der Waals surface area (Å²) < 4.78 is 3.31. The van der Waals surface area contributed by atoms with Crippen LogP contribution in [0.25, 0.3) is 0 Å².